The molecule has 1 aromatic carbocycles. The van der Waals surface area contributed by atoms with Crippen LogP contribution in [-0.4, -0.2) is 9.55 Å². The molecule has 0 N–H and O–H groups in total. The molecule has 0 saturated heterocycles. The van der Waals surface area contributed by atoms with Crippen LogP contribution in [-0.2, 0) is 7.05 Å². The highest BCUT2D eigenvalue weighted by Gasteiger charge is 2.04. The van der Waals surface area contributed by atoms with E-state index in [0.717, 1.165) is 16.0 Å². The number of aromatic nitrogens is 2. The van der Waals surface area contributed by atoms with Gasteiger partial charge >= 0.3 is 0 Å². The molecule has 0 spiro atoms. The maximum Gasteiger partial charge on any atom is 0.141 e. The van der Waals surface area contributed by atoms with Gasteiger partial charge in [-0.1, -0.05) is 29.8 Å². The van der Waals surface area contributed by atoms with Crippen LogP contribution in [0.2, 0.25) is 0 Å². The molecule has 14 heavy (non-hydrogen) atoms. The minimum absolute atomic E-state index is 0.871. The summed E-state index contributed by atoms with van der Waals surface area (Å²) in [5.41, 5.74) is 2.41. The van der Waals surface area contributed by atoms with Gasteiger partial charge in [0, 0.05) is 18.8 Å². The second kappa shape index (κ2) is 3.58. The maximum absolute atomic E-state index is 4.39. The quantitative estimate of drug-likeness (QED) is 0.761. The van der Waals surface area contributed by atoms with Crippen LogP contribution in [0, 0.1) is 6.92 Å². The molecule has 1 heterocycles. The van der Waals surface area contributed by atoms with Crippen molar-refractivity contribution in [2.24, 2.45) is 7.05 Å². The van der Waals surface area contributed by atoms with Gasteiger partial charge in [0.05, 0.1) is 0 Å². The van der Waals surface area contributed by atoms with Gasteiger partial charge in [-0.2, -0.15) is 0 Å². The van der Waals surface area contributed by atoms with E-state index < -0.39 is 0 Å². The first kappa shape index (κ1) is 9.46. The molecular formula is C11H11BrN2. The van der Waals surface area contributed by atoms with Crippen LogP contribution < -0.4 is 0 Å². The molecular weight excluding hydrogens is 240 g/mol. The van der Waals surface area contributed by atoms with Crippen LogP contribution in [0.25, 0.3) is 11.4 Å². The summed E-state index contributed by atoms with van der Waals surface area (Å²) in [6.45, 7) is 2.08. The summed E-state index contributed by atoms with van der Waals surface area (Å²) >= 11 is 3.36. The van der Waals surface area contributed by atoms with Crippen molar-refractivity contribution in [3.63, 3.8) is 0 Å². The second-order valence-electron chi connectivity index (χ2n) is 3.36. The first-order valence-corrected chi connectivity index (χ1v) is 5.22. The van der Waals surface area contributed by atoms with Crippen molar-refractivity contribution in [3.8, 4) is 11.4 Å². The molecule has 0 bridgehead atoms. The van der Waals surface area contributed by atoms with Crippen LogP contribution in [0.5, 0.6) is 0 Å². The predicted molar refractivity (Wildman–Crippen MR) is 61.1 cm³/mol. The molecule has 0 aliphatic carbocycles. The normalized spacial score (nSPS) is 10.5. The molecule has 0 saturated carbocycles. The Morgan fingerprint density at radius 2 is 1.86 bits per heavy atom. The number of halogens is 1. The summed E-state index contributed by atoms with van der Waals surface area (Å²) in [6, 6.07) is 8.37. The molecule has 0 amide bonds. The Morgan fingerprint density at radius 3 is 2.36 bits per heavy atom. The van der Waals surface area contributed by atoms with Crippen LogP contribution in [0.15, 0.2) is 35.1 Å². The highest BCUT2D eigenvalue weighted by atomic mass is 79.9. The predicted octanol–water partition coefficient (Wildman–Crippen LogP) is 3.16. The van der Waals surface area contributed by atoms with Crippen molar-refractivity contribution < 1.29 is 0 Å². The Bertz CT molecular complexity index is 443. The lowest BCUT2D eigenvalue weighted by atomic mass is 10.1. The van der Waals surface area contributed by atoms with E-state index in [-0.39, 0.29) is 0 Å². The zero-order chi connectivity index (χ0) is 10.1. The second-order valence-corrected chi connectivity index (χ2v) is 4.18. The van der Waals surface area contributed by atoms with Crippen molar-refractivity contribution >= 4 is 15.9 Å². The fraction of sp³-hybridized carbons (Fsp3) is 0.182. The van der Waals surface area contributed by atoms with Crippen molar-refractivity contribution in [2.45, 2.75) is 6.92 Å². The fourth-order valence-corrected chi connectivity index (χ4v) is 1.88. The molecule has 0 aliphatic heterocycles. The number of hydrogen-bond acceptors (Lipinski definition) is 1. The lowest BCUT2D eigenvalue weighted by molar-refractivity contribution is 0.924. The average molecular weight is 251 g/mol. The lowest BCUT2D eigenvalue weighted by Gasteiger charge is -2.01. The topological polar surface area (TPSA) is 17.8 Å². The Labute approximate surface area is 91.7 Å². The zero-order valence-electron chi connectivity index (χ0n) is 8.16. The SMILES string of the molecule is Cc1ccc(-c2nc(Br)cn2C)cc1. The number of aryl methyl sites for hydroxylation is 2. The molecule has 2 aromatic rings. The smallest absolute Gasteiger partial charge is 0.141 e. The van der Waals surface area contributed by atoms with Crippen molar-refractivity contribution in [1.29, 1.82) is 0 Å². The molecule has 0 atom stereocenters. The number of rotatable bonds is 1. The van der Waals surface area contributed by atoms with Gasteiger partial charge in [-0.15, -0.1) is 0 Å². The van der Waals surface area contributed by atoms with Gasteiger partial charge in [0.1, 0.15) is 10.4 Å². The van der Waals surface area contributed by atoms with E-state index in [4.69, 9.17) is 0 Å². The number of hydrogen-bond donors (Lipinski definition) is 0. The van der Waals surface area contributed by atoms with Gasteiger partial charge in [-0.3, -0.25) is 0 Å². The third-order valence-electron chi connectivity index (χ3n) is 2.16. The largest absolute Gasteiger partial charge is 0.333 e. The van der Waals surface area contributed by atoms with E-state index in [2.05, 4.69) is 52.1 Å². The Kier molecular flexibility index (Phi) is 2.42. The molecule has 2 rings (SSSR count). The molecule has 72 valence electrons. The van der Waals surface area contributed by atoms with Gasteiger partial charge in [0.25, 0.3) is 0 Å². The molecule has 0 radical (unpaired) electrons. The monoisotopic (exact) mass is 250 g/mol. The maximum atomic E-state index is 4.39. The van der Waals surface area contributed by atoms with Gasteiger partial charge < -0.3 is 4.57 Å². The van der Waals surface area contributed by atoms with E-state index in [1.807, 2.05) is 17.8 Å². The first-order chi connectivity index (χ1) is 6.66. The molecule has 0 unspecified atom stereocenters. The molecule has 1 aromatic heterocycles. The van der Waals surface area contributed by atoms with Gasteiger partial charge in [-0.05, 0) is 22.9 Å². The minimum Gasteiger partial charge on any atom is -0.333 e. The number of nitrogens with zero attached hydrogens (tertiary/aromatic N) is 2. The molecule has 0 fully saturated rings. The standard InChI is InChI=1S/C11H11BrN2/c1-8-3-5-9(6-4-8)11-13-10(12)7-14(11)2/h3-7H,1-2H3. The number of imidazole rings is 1. The minimum atomic E-state index is 0.871. The fourth-order valence-electron chi connectivity index (χ4n) is 1.40. The first-order valence-electron chi connectivity index (χ1n) is 4.43. The summed E-state index contributed by atoms with van der Waals surface area (Å²) in [4.78, 5) is 4.39. The van der Waals surface area contributed by atoms with E-state index >= 15 is 0 Å². The lowest BCUT2D eigenvalue weighted by Crippen LogP contribution is -1.90. The van der Waals surface area contributed by atoms with Gasteiger partial charge in [-0.25, -0.2) is 4.98 Å². The van der Waals surface area contributed by atoms with Gasteiger partial charge in [0.15, 0.2) is 0 Å². The zero-order valence-corrected chi connectivity index (χ0v) is 9.75. The van der Waals surface area contributed by atoms with Gasteiger partial charge in [0.2, 0.25) is 0 Å². The van der Waals surface area contributed by atoms with E-state index in [1.54, 1.807) is 0 Å². The Balaban J connectivity index is 2.49. The average Bonchev–Trinajstić information content (AvgIpc) is 2.47. The van der Waals surface area contributed by atoms with E-state index in [9.17, 15) is 0 Å². The third kappa shape index (κ3) is 1.73. The molecule has 3 heteroatoms. The van der Waals surface area contributed by atoms with Crippen molar-refractivity contribution in [2.75, 3.05) is 0 Å². The summed E-state index contributed by atoms with van der Waals surface area (Å²) in [5, 5.41) is 0. The highest BCUT2D eigenvalue weighted by molar-refractivity contribution is 9.10. The van der Waals surface area contributed by atoms with Crippen LogP contribution in [0.3, 0.4) is 0 Å². The third-order valence-corrected chi connectivity index (χ3v) is 2.54. The van der Waals surface area contributed by atoms with E-state index in [0.29, 0.717) is 0 Å². The summed E-state index contributed by atoms with van der Waals surface area (Å²) < 4.78 is 2.88. The van der Waals surface area contributed by atoms with E-state index in [1.165, 1.54) is 5.56 Å². The Hall–Kier alpha value is -1.09. The summed E-state index contributed by atoms with van der Waals surface area (Å²) in [5.74, 6) is 0.983. The van der Waals surface area contributed by atoms with Crippen molar-refractivity contribution in [1.82, 2.24) is 9.55 Å². The molecule has 2 nitrogen and oxygen atoms in total. The number of benzene rings is 1. The van der Waals surface area contributed by atoms with Crippen LogP contribution >= 0.6 is 15.9 Å². The molecule has 0 aliphatic rings. The van der Waals surface area contributed by atoms with Crippen molar-refractivity contribution in [3.05, 3.63) is 40.6 Å². The summed E-state index contributed by atoms with van der Waals surface area (Å²) in [7, 11) is 1.99. The van der Waals surface area contributed by atoms with Crippen LogP contribution in [0.1, 0.15) is 5.56 Å². The summed E-state index contributed by atoms with van der Waals surface area (Å²) in [6.07, 6.45) is 1.95. The highest BCUT2D eigenvalue weighted by Crippen LogP contribution is 2.20. The Morgan fingerprint density at radius 1 is 1.21 bits per heavy atom. The van der Waals surface area contributed by atoms with Crippen LogP contribution in [0.4, 0.5) is 0 Å².